The summed E-state index contributed by atoms with van der Waals surface area (Å²) in [6.07, 6.45) is 0.813. The molecule has 5 aliphatic rings. The number of hydrogen-bond acceptors (Lipinski definition) is 8. The minimum atomic E-state index is -2.79. The third-order valence-corrected chi connectivity index (χ3v) is 12.7. The van der Waals surface area contributed by atoms with Crippen molar-refractivity contribution in [2.75, 3.05) is 48.1 Å². The number of amides is 4. The van der Waals surface area contributed by atoms with Gasteiger partial charge in [-0.1, -0.05) is 23.8 Å². The van der Waals surface area contributed by atoms with Crippen molar-refractivity contribution in [3.8, 4) is 11.5 Å². The van der Waals surface area contributed by atoms with Gasteiger partial charge in [0.1, 0.15) is 5.69 Å². The van der Waals surface area contributed by atoms with Crippen LogP contribution < -0.4 is 19.4 Å². The maximum Gasteiger partial charge on any atom is 0.258 e. The molecule has 3 heterocycles. The van der Waals surface area contributed by atoms with Crippen LogP contribution >= 0.6 is 23.2 Å². The molecular formula is C37H28Cl2F5N3O7. The standard InChI is InChI=1S/C37H28Cl2F5N3O7/c1-53-22-4-2-3-20(31(22)48)24-18-9-10-19-23(33(50)46(32(19)49)17-7-5-16(6-8-17)45-11-13-54-14-12-45)21(18)15-36(38)34(51)47(35(52)37(24,36)39)30-28(43)26(41)25(40)27(42)29(30)44/h2-9,19,21,23-24,48H,10-15H2,1H3. The van der Waals surface area contributed by atoms with E-state index in [4.69, 9.17) is 32.7 Å². The van der Waals surface area contributed by atoms with Crippen molar-refractivity contribution in [3.63, 3.8) is 0 Å². The molecule has 3 aromatic rings. The molecule has 3 saturated heterocycles. The average molecular weight is 793 g/mol. The molecule has 0 bridgehead atoms. The molecule has 1 saturated carbocycles. The number of fused-ring (bicyclic) bond motifs is 4. The Labute approximate surface area is 313 Å². The number of imide groups is 2. The molecule has 17 heteroatoms. The largest absolute Gasteiger partial charge is 0.504 e. The van der Waals surface area contributed by atoms with Crippen LogP contribution in [0, 0.1) is 46.8 Å². The van der Waals surface area contributed by atoms with Crippen LogP contribution in [0.15, 0.2) is 54.1 Å². The number of hydrogen-bond donors (Lipinski definition) is 1. The predicted molar refractivity (Wildman–Crippen MR) is 183 cm³/mol. The summed E-state index contributed by atoms with van der Waals surface area (Å²) in [4.78, 5) is 54.6. The Morgan fingerprint density at radius 2 is 1.41 bits per heavy atom. The molecule has 4 fully saturated rings. The zero-order chi connectivity index (χ0) is 38.6. The van der Waals surface area contributed by atoms with E-state index in [1.807, 2.05) is 0 Å². The second-order valence-corrected chi connectivity index (χ2v) is 15.0. The van der Waals surface area contributed by atoms with Crippen LogP contribution in [0.3, 0.4) is 0 Å². The van der Waals surface area contributed by atoms with Crippen LogP contribution in [0.1, 0.15) is 24.3 Å². The number of phenolic OH excluding ortho intramolecular Hbond substituents is 1. The van der Waals surface area contributed by atoms with E-state index in [0.29, 0.717) is 26.3 Å². The van der Waals surface area contributed by atoms with Crippen molar-refractivity contribution in [1.82, 2.24) is 0 Å². The predicted octanol–water partition coefficient (Wildman–Crippen LogP) is 5.70. The maximum absolute atomic E-state index is 15.3. The molecule has 8 rings (SSSR count). The van der Waals surface area contributed by atoms with Crippen LogP contribution in [0.25, 0.3) is 0 Å². The lowest BCUT2D eigenvalue weighted by molar-refractivity contribution is -0.125. The molecule has 0 spiro atoms. The van der Waals surface area contributed by atoms with Gasteiger partial charge < -0.3 is 19.5 Å². The van der Waals surface area contributed by atoms with Crippen LogP contribution in [-0.2, 0) is 23.9 Å². The van der Waals surface area contributed by atoms with E-state index in [-0.39, 0.29) is 33.9 Å². The topological polar surface area (TPSA) is 117 Å². The molecule has 4 amide bonds. The highest BCUT2D eigenvalue weighted by Crippen LogP contribution is 2.67. The van der Waals surface area contributed by atoms with Crippen LogP contribution in [-0.4, -0.2) is 71.9 Å². The lowest BCUT2D eigenvalue weighted by atomic mass is 9.56. The first-order chi connectivity index (χ1) is 25.7. The van der Waals surface area contributed by atoms with Crippen molar-refractivity contribution in [1.29, 1.82) is 0 Å². The highest BCUT2D eigenvalue weighted by molar-refractivity contribution is 6.58. The fourth-order valence-corrected chi connectivity index (χ4v) is 9.66. The van der Waals surface area contributed by atoms with Crippen LogP contribution in [0.5, 0.6) is 11.5 Å². The van der Waals surface area contributed by atoms with E-state index >= 15 is 8.78 Å². The number of rotatable bonds is 5. The molecular weight excluding hydrogens is 764 g/mol. The molecule has 6 atom stereocenters. The van der Waals surface area contributed by atoms with Gasteiger partial charge in [0, 0.05) is 30.3 Å². The van der Waals surface area contributed by atoms with Gasteiger partial charge in [0.25, 0.3) is 11.8 Å². The zero-order valence-electron chi connectivity index (χ0n) is 28.1. The average Bonchev–Trinajstić information content (AvgIpc) is 3.51. The molecule has 2 aliphatic carbocycles. The lowest BCUT2D eigenvalue weighted by Gasteiger charge is -2.50. The Hall–Kier alpha value is -4.73. The number of benzene rings is 3. The number of allylic oxidation sites excluding steroid dienone is 2. The smallest absolute Gasteiger partial charge is 0.258 e. The first kappa shape index (κ1) is 36.3. The molecule has 10 nitrogen and oxygen atoms in total. The monoisotopic (exact) mass is 791 g/mol. The third-order valence-electron chi connectivity index (χ3n) is 11.3. The van der Waals surface area contributed by atoms with E-state index in [0.717, 1.165) is 10.6 Å². The number of phenols is 1. The summed E-state index contributed by atoms with van der Waals surface area (Å²) in [7, 11) is 1.23. The van der Waals surface area contributed by atoms with Gasteiger partial charge in [-0.05, 0) is 49.1 Å². The summed E-state index contributed by atoms with van der Waals surface area (Å²) in [5.41, 5.74) is -0.736. The minimum Gasteiger partial charge on any atom is -0.504 e. The number of halogens is 7. The van der Waals surface area contributed by atoms with Gasteiger partial charge in [-0.25, -0.2) is 26.9 Å². The Balaban J connectivity index is 1.26. The van der Waals surface area contributed by atoms with Gasteiger partial charge in [0.05, 0.1) is 37.8 Å². The number of nitrogens with zero attached hydrogens (tertiary/aromatic N) is 3. The molecule has 0 aromatic heterocycles. The molecule has 1 N–H and O–H groups in total. The zero-order valence-corrected chi connectivity index (χ0v) is 29.6. The number of ether oxygens (including phenoxy) is 2. The van der Waals surface area contributed by atoms with Gasteiger partial charge in [-0.3, -0.25) is 24.1 Å². The number of morpholine rings is 1. The highest BCUT2D eigenvalue weighted by atomic mass is 35.5. The summed E-state index contributed by atoms with van der Waals surface area (Å²) in [6, 6.07) is 10.9. The quantitative estimate of drug-likeness (QED) is 0.0875. The lowest BCUT2D eigenvalue weighted by Crippen LogP contribution is -2.60. The first-order valence-electron chi connectivity index (χ1n) is 16.8. The minimum absolute atomic E-state index is 0.0591. The number of alkyl halides is 2. The Morgan fingerprint density at radius 1 is 0.796 bits per heavy atom. The second-order valence-electron chi connectivity index (χ2n) is 13.7. The van der Waals surface area contributed by atoms with Crippen LogP contribution in [0.2, 0.25) is 0 Å². The van der Waals surface area contributed by atoms with E-state index in [9.17, 15) is 37.5 Å². The van der Waals surface area contributed by atoms with Gasteiger partial charge >= 0.3 is 0 Å². The number of carbonyl (C=O) groups excluding carboxylic acids is 4. The summed E-state index contributed by atoms with van der Waals surface area (Å²) in [5, 5.41) is 11.4. The van der Waals surface area contributed by atoms with Gasteiger partial charge in [-0.2, -0.15) is 0 Å². The fourth-order valence-electron chi connectivity index (χ4n) is 8.74. The van der Waals surface area contributed by atoms with Gasteiger partial charge in [-0.15, -0.1) is 23.2 Å². The summed E-state index contributed by atoms with van der Waals surface area (Å²) >= 11 is 14.3. The second kappa shape index (κ2) is 12.7. The molecule has 282 valence electrons. The molecule has 0 radical (unpaired) electrons. The van der Waals surface area contributed by atoms with E-state index in [1.165, 1.54) is 25.3 Å². The Bertz CT molecular complexity index is 2170. The van der Waals surface area contributed by atoms with E-state index in [2.05, 4.69) is 4.90 Å². The van der Waals surface area contributed by atoms with E-state index < -0.39 is 104 Å². The molecule has 54 heavy (non-hydrogen) atoms. The summed E-state index contributed by atoms with van der Waals surface area (Å²) < 4.78 is 84.3. The van der Waals surface area contributed by atoms with Crippen molar-refractivity contribution >= 4 is 63.9 Å². The molecule has 6 unspecified atom stereocenters. The number of carbonyl (C=O) groups is 4. The number of methoxy groups -OCH3 is 1. The van der Waals surface area contributed by atoms with Gasteiger partial charge in [0.2, 0.25) is 17.6 Å². The number of aromatic hydroxyl groups is 1. The van der Waals surface area contributed by atoms with Crippen molar-refractivity contribution in [2.45, 2.75) is 28.5 Å². The van der Waals surface area contributed by atoms with Crippen molar-refractivity contribution < 1.29 is 55.7 Å². The molecule has 3 aliphatic heterocycles. The van der Waals surface area contributed by atoms with Crippen molar-refractivity contribution in [3.05, 3.63) is 88.8 Å². The third kappa shape index (κ3) is 4.73. The SMILES string of the molecule is COc1cccc(C2C3=CCC4C(=O)N(c5ccc(N6CCOCC6)cc5)C(=O)C4C3CC3(Cl)C(=O)N(c4c(F)c(F)c(F)c(F)c4F)C(=O)C23Cl)c1O. The fraction of sp³-hybridized carbons (Fsp3) is 0.351. The highest BCUT2D eigenvalue weighted by Gasteiger charge is 2.77. The molecule has 3 aromatic carbocycles. The van der Waals surface area contributed by atoms with Crippen molar-refractivity contribution in [2.24, 2.45) is 17.8 Å². The van der Waals surface area contributed by atoms with E-state index in [1.54, 1.807) is 30.3 Å². The maximum atomic E-state index is 15.3. The Morgan fingerprint density at radius 3 is 2.04 bits per heavy atom. The van der Waals surface area contributed by atoms with Crippen LogP contribution in [0.4, 0.5) is 39.0 Å². The Kier molecular flexibility index (Phi) is 8.51. The first-order valence-corrected chi connectivity index (χ1v) is 17.6. The summed E-state index contributed by atoms with van der Waals surface area (Å²) in [5.74, 6) is -22.5. The summed E-state index contributed by atoms with van der Waals surface area (Å²) in [6.45, 7) is 2.38. The number of para-hydroxylation sites is 1. The normalized spacial score (nSPS) is 29.3. The number of anilines is 3. The van der Waals surface area contributed by atoms with Gasteiger partial charge in [0.15, 0.2) is 44.5 Å².